The van der Waals surface area contributed by atoms with Crippen LogP contribution in [0.1, 0.15) is 64.5 Å². The van der Waals surface area contributed by atoms with E-state index >= 15 is 0 Å². The molecule has 2 aromatic rings. The van der Waals surface area contributed by atoms with E-state index < -0.39 is 0 Å². The number of rotatable bonds is 14. The largest absolute Gasteiger partial charge is 0.461 e. The maximum atomic E-state index is 12.1. The number of anilines is 1. The molecule has 0 saturated heterocycles. The van der Waals surface area contributed by atoms with E-state index in [1.165, 1.54) is 33.9 Å². The van der Waals surface area contributed by atoms with E-state index in [-0.39, 0.29) is 36.0 Å². The molecule has 226 valence electrons. The first-order chi connectivity index (χ1) is 20.6. The Hall–Kier alpha value is -4.19. The van der Waals surface area contributed by atoms with Gasteiger partial charge in [0.1, 0.15) is 19.8 Å². The second-order valence-electron chi connectivity index (χ2n) is 12.0. The summed E-state index contributed by atoms with van der Waals surface area (Å²) in [5, 5.41) is 0. The van der Waals surface area contributed by atoms with Crippen molar-refractivity contribution in [3.63, 3.8) is 0 Å². The van der Waals surface area contributed by atoms with Crippen molar-refractivity contribution in [2.24, 2.45) is 0 Å². The minimum Gasteiger partial charge on any atom is -0.461 e. The van der Waals surface area contributed by atoms with Gasteiger partial charge in [0.25, 0.3) is 0 Å². The lowest BCUT2D eigenvalue weighted by molar-refractivity contribution is -0.438. The average molecular weight is 582 g/mol. The summed E-state index contributed by atoms with van der Waals surface area (Å²) in [5.74, 6) is -0.406. The molecule has 4 rings (SSSR count). The molecule has 2 aromatic carbocycles. The van der Waals surface area contributed by atoms with Crippen molar-refractivity contribution >= 4 is 29.0 Å². The lowest BCUT2D eigenvalue weighted by Gasteiger charge is -2.27. The number of allylic oxidation sites excluding steroid dienone is 4. The van der Waals surface area contributed by atoms with Crippen molar-refractivity contribution in [2.45, 2.75) is 64.2 Å². The molecule has 0 atom stereocenters. The minimum atomic E-state index is -0.203. The van der Waals surface area contributed by atoms with Gasteiger partial charge in [0.15, 0.2) is 5.71 Å². The number of para-hydroxylation sites is 2. The second kappa shape index (κ2) is 13.9. The van der Waals surface area contributed by atoms with Crippen LogP contribution in [0.3, 0.4) is 0 Å². The normalized spacial score (nSPS) is 17.2. The third kappa shape index (κ3) is 6.90. The minimum absolute atomic E-state index is 0.200. The highest BCUT2D eigenvalue weighted by molar-refractivity contribution is 6.03. The van der Waals surface area contributed by atoms with E-state index in [0.717, 1.165) is 0 Å². The Balaban J connectivity index is 1.62. The molecule has 0 spiro atoms. The van der Waals surface area contributed by atoms with Gasteiger partial charge in [-0.25, -0.2) is 0 Å². The zero-order valence-corrected chi connectivity index (χ0v) is 26.1. The summed E-state index contributed by atoms with van der Waals surface area (Å²) in [6.07, 6.45) is 11.8. The standard InChI is InChI=1S/C37H45N2O4/c1-7-26-42-34(40)22-14-24-38-30-18-11-9-16-28(30)36(3,4)32(38)20-13-21-33-37(5,6)29-17-10-12-19-31(29)39(33)25-15-23-35(41)43-27-8-2/h7-13,16-21H,1-2,14-15,22-27H2,3-6H3/q+1. The van der Waals surface area contributed by atoms with Crippen molar-refractivity contribution in [1.29, 1.82) is 0 Å². The lowest BCUT2D eigenvalue weighted by Crippen LogP contribution is -2.28. The topological polar surface area (TPSA) is 58.8 Å². The molecule has 6 heteroatoms. The number of hydrogen-bond donors (Lipinski definition) is 0. The average Bonchev–Trinajstić information content (AvgIpc) is 3.34. The Morgan fingerprint density at radius 3 is 2.12 bits per heavy atom. The molecule has 0 fully saturated rings. The van der Waals surface area contributed by atoms with Crippen LogP contribution in [0, 0.1) is 0 Å². The zero-order valence-electron chi connectivity index (χ0n) is 26.1. The van der Waals surface area contributed by atoms with Gasteiger partial charge < -0.3 is 14.4 Å². The highest BCUT2D eigenvalue weighted by Gasteiger charge is 2.44. The van der Waals surface area contributed by atoms with Crippen molar-refractivity contribution in [3.05, 3.63) is 109 Å². The molecule has 0 amide bonds. The van der Waals surface area contributed by atoms with Gasteiger partial charge in [0, 0.05) is 53.9 Å². The Morgan fingerprint density at radius 1 is 0.837 bits per heavy atom. The molecule has 0 unspecified atom stereocenters. The number of carbonyl (C=O) groups excluding carboxylic acids is 2. The van der Waals surface area contributed by atoms with E-state index in [4.69, 9.17) is 9.47 Å². The van der Waals surface area contributed by atoms with E-state index in [9.17, 15) is 9.59 Å². The number of ether oxygens (including phenoxy) is 2. The number of carbonyl (C=O) groups is 2. The highest BCUT2D eigenvalue weighted by Crippen LogP contribution is 2.47. The van der Waals surface area contributed by atoms with Gasteiger partial charge in [-0.3, -0.25) is 9.59 Å². The van der Waals surface area contributed by atoms with Crippen molar-refractivity contribution < 1.29 is 23.6 Å². The molecule has 0 N–H and O–H groups in total. The molecule has 0 radical (unpaired) electrons. The predicted octanol–water partition coefficient (Wildman–Crippen LogP) is 7.32. The van der Waals surface area contributed by atoms with Crippen LogP contribution >= 0.6 is 0 Å². The predicted molar refractivity (Wildman–Crippen MR) is 174 cm³/mol. The molecule has 0 bridgehead atoms. The molecule has 2 aliphatic rings. The molecular weight excluding hydrogens is 536 g/mol. The smallest absolute Gasteiger partial charge is 0.306 e. The maximum absolute atomic E-state index is 12.1. The molecule has 2 aliphatic heterocycles. The number of nitrogens with zero attached hydrogens (tertiary/aromatic N) is 2. The molecule has 0 aliphatic carbocycles. The number of benzene rings is 2. The maximum Gasteiger partial charge on any atom is 0.306 e. The summed E-state index contributed by atoms with van der Waals surface area (Å²) < 4.78 is 12.7. The first-order valence-electron chi connectivity index (χ1n) is 15.2. The Kier molecular flexibility index (Phi) is 10.2. The quantitative estimate of drug-likeness (QED) is 0.133. The van der Waals surface area contributed by atoms with Gasteiger partial charge in [-0.15, -0.1) is 0 Å². The summed E-state index contributed by atoms with van der Waals surface area (Å²) in [7, 11) is 0. The van der Waals surface area contributed by atoms with Crippen molar-refractivity contribution in [3.8, 4) is 0 Å². The highest BCUT2D eigenvalue weighted by atomic mass is 16.5. The number of fused-ring (bicyclic) bond motifs is 2. The van der Waals surface area contributed by atoms with Crippen LogP contribution in [-0.2, 0) is 29.9 Å². The number of hydrogen-bond acceptors (Lipinski definition) is 5. The van der Waals surface area contributed by atoms with E-state index in [1.807, 2.05) is 0 Å². The van der Waals surface area contributed by atoms with Crippen LogP contribution in [0.15, 0.2) is 97.8 Å². The molecular formula is C37H45N2O4+. The van der Waals surface area contributed by atoms with E-state index in [2.05, 4.69) is 117 Å². The van der Waals surface area contributed by atoms with Crippen molar-refractivity contribution in [2.75, 3.05) is 31.2 Å². The lowest BCUT2D eigenvalue weighted by atomic mass is 9.81. The van der Waals surface area contributed by atoms with Crippen LogP contribution in [0.4, 0.5) is 11.4 Å². The molecule has 2 heterocycles. The molecule has 0 saturated carbocycles. The molecule has 6 nitrogen and oxygen atoms in total. The van der Waals surface area contributed by atoms with Gasteiger partial charge in [-0.1, -0.05) is 81.6 Å². The van der Waals surface area contributed by atoms with Crippen LogP contribution in [0.5, 0.6) is 0 Å². The first kappa shape index (κ1) is 31.7. The van der Waals surface area contributed by atoms with Crippen LogP contribution in [0.25, 0.3) is 0 Å². The summed E-state index contributed by atoms with van der Waals surface area (Å²) in [6, 6.07) is 17.0. The fourth-order valence-electron chi connectivity index (χ4n) is 6.21. The zero-order chi connectivity index (χ0) is 31.0. The third-order valence-electron chi connectivity index (χ3n) is 8.36. The van der Waals surface area contributed by atoms with Crippen molar-refractivity contribution in [1.82, 2.24) is 0 Å². The van der Waals surface area contributed by atoms with Crippen LogP contribution in [-0.4, -0.2) is 48.5 Å². The van der Waals surface area contributed by atoms with Crippen LogP contribution in [0.2, 0.25) is 0 Å². The fourth-order valence-corrected chi connectivity index (χ4v) is 6.21. The second-order valence-corrected chi connectivity index (χ2v) is 12.0. The fraction of sp³-hybridized carbons (Fsp3) is 0.378. The molecule has 43 heavy (non-hydrogen) atoms. The van der Waals surface area contributed by atoms with Crippen LogP contribution < -0.4 is 4.90 Å². The summed E-state index contributed by atoms with van der Waals surface area (Å²) in [4.78, 5) is 26.6. The molecule has 0 aromatic heterocycles. The van der Waals surface area contributed by atoms with E-state index in [1.54, 1.807) is 12.2 Å². The Bertz CT molecular complexity index is 1460. The van der Waals surface area contributed by atoms with E-state index in [0.29, 0.717) is 38.8 Å². The van der Waals surface area contributed by atoms with Gasteiger partial charge in [-0.05, 0) is 38.0 Å². The van der Waals surface area contributed by atoms with Gasteiger partial charge in [-0.2, -0.15) is 4.58 Å². The first-order valence-corrected chi connectivity index (χ1v) is 15.2. The summed E-state index contributed by atoms with van der Waals surface area (Å²) >= 11 is 0. The SMILES string of the molecule is C=CCOC(=O)CCCN1/C(=C/C=C/C2=[N+](CCCC(=O)OCC=C)c3ccccc3C2(C)C)C(C)(C)c2ccccc21. The van der Waals surface area contributed by atoms with Gasteiger partial charge in [0.2, 0.25) is 5.69 Å². The monoisotopic (exact) mass is 581 g/mol. The Labute approximate surface area is 256 Å². The van der Waals surface area contributed by atoms with Gasteiger partial charge in [0.05, 0.1) is 11.8 Å². The number of esters is 2. The summed E-state index contributed by atoms with van der Waals surface area (Å²) in [6.45, 7) is 18.2. The summed E-state index contributed by atoms with van der Waals surface area (Å²) in [5.41, 5.74) is 6.88. The van der Waals surface area contributed by atoms with Gasteiger partial charge >= 0.3 is 11.9 Å². The Morgan fingerprint density at radius 2 is 1.44 bits per heavy atom. The third-order valence-corrected chi connectivity index (χ3v) is 8.36.